The lowest BCUT2D eigenvalue weighted by molar-refractivity contribution is -0.126. The fourth-order valence-electron chi connectivity index (χ4n) is 3.74. The minimum atomic E-state index is -3.38. The third-order valence-electron chi connectivity index (χ3n) is 5.73. The molecule has 0 spiro atoms. The van der Waals surface area contributed by atoms with E-state index in [2.05, 4.69) is 52.4 Å². The molecule has 7 heteroatoms. The van der Waals surface area contributed by atoms with Crippen LogP contribution < -0.4 is 5.32 Å². The zero-order chi connectivity index (χ0) is 21.7. The summed E-state index contributed by atoms with van der Waals surface area (Å²) in [6.45, 7) is 4.87. The van der Waals surface area contributed by atoms with Gasteiger partial charge in [-0.05, 0) is 55.0 Å². The average Bonchev–Trinajstić information content (AvgIpc) is 2.75. The number of halogens is 1. The number of aryl methyl sites for hydroxylation is 1. The zero-order valence-corrected chi connectivity index (χ0v) is 19.9. The molecule has 1 saturated heterocycles. The van der Waals surface area contributed by atoms with Gasteiger partial charge < -0.3 is 5.32 Å². The topological polar surface area (TPSA) is 66.5 Å². The van der Waals surface area contributed by atoms with Crippen LogP contribution in [0.15, 0.2) is 53.0 Å². The molecule has 1 amide bonds. The molecule has 3 rings (SSSR count). The normalized spacial score (nSPS) is 16.9. The molecule has 0 aliphatic carbocycles. The highest BCUT2D eigenvalue weighted by atomic mass is 79.9. The third-order valence-corrected chi connectivity index (χ3v) is 8.11. The van der Waals surface area contributed by atoms with Crippen molar-refractivity contribution in [2.75, 3.05) is 13.1 Å². The van der Waals surface area contributed by atoms with Crippen molar-refractivity contribution in [3.8, 4) is 0 Å². The number of piperidine rings is 1. The molecule has 0 bridgehead atoms. The Morgan fingerprint density at radius 1 is 1.07 bits per heavy atom. The number of amides is 1. The van der Waals surface area contributed by atoms with Crippen LogP contribution in [-0.4, -0.2) is 31.7 Å². The Hall–Kier alpha value is -1.70. The van der Waals surface area contributed by atoms with Crippen LogP contribution in [0.3, 0.4) is 0 Å². The van der Waals surface area contributed by atoms with Crippen LogP contribution >= 0.6 is 15.9 Å². The molecule has 0 unspecified atom stereocenters. The van der Waals surface area contributed by atoms with Crippen LogP contribution in [0, 0.1) is 5.92 Å². The van der Waals surface area contributed by atoms with E-state index in [1.807, 2.05) is 31.2 Å². The number of rotatable bonds is 7. The molecule has 0 radical (unpaired) electrons. The molecule has 30 heavy (non-hydrogen) atoms. The lowest BCUT2D eigenvalue weighted by Crippen LogP contribution is -2.43. The number of hydrogen-bond acceptors (Lipinski definition) is 3. The summed E-state index contributed by atoms with van der Waals surface area (Å²) in [6, 6.07) is 15.5. The first-order valence-corrected chi connectivity index (χ1v) is 12.8. The molecule has 1 heterocycles. The predicted octanol–water partition coefficient (Wildman–Crippen LogP) is 4.43. The monoisotopic (exact) mass is 492 g/mol. The molecular formula is C23H29BrN2O3S. The Labute approximate surface area is 188 Å². The second kappa shape index (κ2) is 10.1. The molecule has 1 N–H and O–H groups in total. The number of nitrogens with one attached hydrogen (secondary N) is 1. The van der Waals surface area contributed by atoms with Gasteiger partial charge in [-0.15, -0.1) is 0 Å². The maximum Gasteiger partial charge on any atom is 0.223 e. The van der Waals surface area contributed by atoms with E-state index in [0.717, 1.165) is 22.0 Å². The van der Waals surface area contributed by atoms with Crippen LogP contribution in [0.25, 0.3) is 0 Å². The van der Waals surface area contributed by atoms with Gasteiger partial charge in [0.05, 0.1) is 11.8 Å². The summed E-state index contributed by atoms with van der Waals surface area (Å²) in [5.74, 6) is -0.157. The van der Waals surface area contributed by atoms with Gasteiger partial charge in [0, 0.05) is 23.5 Å². The fourth-order valence-corrected chi connectivity index (χ4v) is 5.56. The second-order valence-corrected chi connectivity index (χ2v) is 10.8. The van der Waals surface area contributed by atoms with Gasteiger partial charge in [-0.3, -0.25) is 4.79 Å². The van der Waals surface area contributed by atoms with Crippen LogP contribution in [0.4, 0.5) is 0 Å². The van der Waals surface area contributed by atoms with Crippen molar-refractivity contribution in [2.24, 2.45) is 5.92 Å². The molecule has 2 aromatic carbocycles. The van der Waals surface area contributed by atoms with E-state index in [-0.39, 0.29) is 23.6 Å². The summed E-state index contributed by atoms with van der Waals surface area (Å²) in [4.78, 5) is 12.7. The quantitative estimate of drug-likeness (QED) is 0.621. The Bertz CT molecular complexity index is 951. The highest BCUT2D eigenvalue weighted by molar-refractivity contribution is 9.10. The summed E-state index contributed by atoms with van der Waals surface area (Å²) in [5.41, 5.74) is 3.12. The van der Waals surface area contributed by atoms with Crippen LogP contribution in [-0.2, 0) is 27.0 Å². The third kappa shape index (κ3) is 5.93. The van der Waals surface area contributed by atoms with Gasteiger partial charge in [-0.1, -0.05) is 59.3 Å². The highest BCUT2D eigenvalue weighted by Gasteiger charge is 2.31. The van der Waals surface area contributed by atoms with E-state index in [0.29, 0.717) is 25.9 Å². The lowest BCUT2D eigenvalue weighted by atomic mass is 9.96. The molecule has 1 aliphatic rings. The largest absolute Gasteiger partial charge is 0.349 e. The summed E-state index contributed by atoms with van der Waals surface area (Å²) in [7, 11) is -3.38. The smallest absolute Gasteiger partial charge is 0.223 e. The van der Waals surface area contributed by atoms with Crippen molar-refractivity contribution in [3.63, 3.8) is 0 Å². The number of carbonyl (C=O) groups excluding carboxylic acids is 1. The van der Waals surface area contributed by atoms with Crippen LogP contribution in [0.2, 0.25) is 0 Å². The maximum atomic E-state index is 12.7. The molecule has 1 aliphatic heterocycles. The first kappa shape index (κ1) is 23.0. The zero-order valence-electron chi connectivity index (χ0n) is 17.5. The standard InChI is InChI=1S/C23H29BrN2O3S/c1-3-18-4-8-20(9-5-18)17(2)25-23(27)21-12-14-26(15-13-21)30(28,29)16-19-6-10-22(24)11-7-19/h4-11,17,21H,3,12-16H2,1-2H3,(H,25,27)/t17-/m1/s1. The molecule has 0 aromatic heterocycles. The van der Waals surface area contributed by atoms with Gasteiger partial charge in [0.25, 0.3) is 0 Å². The van der Waals surface area contributed by atoms with E-state index < -0.39 is 10.0 Å². The predicted molar refractivity (Wildman–Crippen MR) is 123 cm³/mol. The van der Waals surface area contributed by atoms with Gasteiger partial charge in [0.15, 0.2) is 0 Å². The first-order chi connectivity index (χ1) is 14.3. The summed E-state index contributed by atoms with van der Waals surface area (Å²) < 4.78 is 27.9. The van der Waals surface area contributed by atoms with E-state index in [1.54, 1.807) is 0 Å². The van der Waals surface area contributed by atoms with Gasteiger partial charge in [-0.25, -0.2) is 12.7 Å². The summed E-state index contributed by atoms with van der Waals surface area (Å²) in [6.07, 6.45) is 2.09. The van der Waals surface area contributed by atoms with Crippen molar-refractivity contribution in [1.82, 2.24) is 9.62 Å². The number of carbonyl (C=O) groups is 1. The Morgan fingerprint density at radius 2 is 1.63 bits per heavy atom. The molecule has 5 nitrogen and oxygen atoms in total. The van der Waals surface area contributed by atoms with Gasteiger partial charge >= 0.3 is 0 Å². The summed E-state index contributed by atoms with van der Waals surface area (Å²) in [5, 5.41) is 3.09. The minimum Gasteiger partial charge on any atom is -0.349 e. The number of nitrogens with zero attached hydrogens (tertiary/aromatic N) is 1. The number of sulfonamides is 1. The van der Waals surface area contributed by atoms with Gasteiger partial charge in [0.1, 0.15) is 0 Å². The first-order valence-electron chi connectivity index (χ1n) is 10.4. The van der Waals surface area contributed by atoms with Crippen molar-refractivity contribution >= 4 is 31.9 Å². The summed E-state index contributed by atoms with van der Waals surface area (Å²) >= 11 is 3.36. The number of benzene rings is 2. The number of hydrogen-bond donors (Lipinski definition) is 1. The van der Waals surface area contributed by atoms with Crippen LogP contribution in [0.5, 0.6) is 0 Å². The van der Waals surface area contributed by atoms with E-state index in [9.17, 15) is 13.2 Å². The minimum absolute atomic E-state index is 0.00651. The van der Waals surface area contributed by atoms with Crippen molar-refractivity contribution in [1.29, 1.82) is 0 Å². The van der Waals surface area contributed by atoms with E-state index >= 15 is 0 Å². The maximum absolute atomic E-state index is 12.7. The molecule has 162 valence electrons. The van der Waals surface area contributed by atoms with Crippen LogP contribution in [0.1, 0.15) is 49.4 Å². The molecule has 0 saturated carbocycles. The fraction of sp³-hybridized carbons (Fsp3) is 0.435. The Kier molecular flexibility index (Phi) is 7.71. The van der Waals surface area contributed by atoms with E-state index in [1.165, 1.54) is 9.87 Å². The molecular weight excluding hydrogens is 464 g/mol. The lowest BCUT2D eigenvalue weighted by Gasteiger charge is -2.31. The van der Waals surface area contributed by atoms with Crippen molar-refractivity contribution in [2.45, 2.75) is 44.9 Å². The van der Waals surface area contributed by atoms with Gasteiger partial charge in [-0.2, -0.15) is 0 Å². The SMILES string of the molecule is CCc1ccc([C@@H](C)NC(=O)C2CCN(S(=O)(=O)Cc3ccc(Br)cc3)CC2)cc1. The molecule has 1 atom stereocenters. The van der Waals surface area contributed by atoms with Gasteiger partial charge in [0.2, 0.25) is 15.9 Å². The van der Waals surface area contributed by atoms with Crippen molar-refractivity contribution < 1.29 is 13.2 Å². The highest BCUT2D eigenvalue weighted by Crippen LogP contribution is 2.24. The molecule has 2 aromatic rings. The second-order valence-electron chi connectivity index (χ2n) is 7.88. The van der Waals surface area contributed by atoms with E-state index in [4.69, 9.17) is 0 Å². The molecule has 1 fully saturated rings. The van der Waals surface area contributed by atoms with Crippen molar-refractivity contribution in [3.05, 3.63) is 69.7 Å². The Morgan fingerprint density at radius 3 is 2.20 bits per heavy atom. The average molecular weight is 493 g/mol. The Balaban J connectivity index is 1.52.